The molecule has 0 atom stereocenters. The number of aryl methyl sites for hydroxylation is 2. The first-order valence-corrected chi connectivity index (χ1v) is 7.72. The van der Waals surface area contributed by atoms with Gasteiger partial charge in [-0.25, -0.2) is 0 Å². The molecule has 0 aliphatic heterocycles. The predicted octanol–water partition coefficient (Wildman–Crippen LogP) is 5.24. The van der Waals surface area contributed by atoms with Gasteiger partial charge >= 0.3 is 0 Å². The van der Waals surface area contributed by atoms with E-state index in [-0.39, 0.29) is 5.78 Å². The van der Waals surface area contributed by atoms with Crippen LogP contribution in [0.25, 0.3) is 0 Å². The van der Waals surface area contributed by atoms with Crippen molar-refractivity contribution in [2.45, 2.75) is 46.0 Å². The number of carbonyl (C=O) groups is 1. The smallest absolute Gasteiger partial charge is 0.173 e. The molecule has 110 valence electrons. The highest BCUT2D eigenvalue weighted by atomic mass is 16.1. The molecule has 0 saturated carbocycles. The molecular formula is C20H24O. The number of Topliss-reactive ketones (excluding diaryl/α,β-unsaturated/α-hetero) is 1. The lowest BCUT2D eigenvalue weighted by molar-refractivity contribution is 0.0872. The summed E-state index contributed by atoms with van der Waals surface area (Å²) in [6.07, 6.45) is 1.64. The normalized spacial score (nSPS) is 11.4. The lowest BCUT2D eigenvalue weighted by Gasteiger charge is -2.31. The first-order valence-electron chi connectivity index (χ1n) is 7.72. The second kappa shape index (κ2) is 6.26. The van der Waals surface area contributed by atoms with Crippen molar-refractivity contribution in [3.8, 4) is 0 Å². The molecule has 0 N–H and O–H groups in total. The molecule has 0 unspecified atom stereocenters. The van der Waals surface area contributed by atoms with E-state index in [1.165, 1.54) is 0 Å². The van der Waals surface area contributed by atoms with Crippen molar-refractivity contribution in [2.24, 2.45) is 0 Å². The molecule has 1 heteroatoms. The molecule has 0 amide bonds. The zero-order chi connectivity index (χ0) is 15.5. The number of hydrogen-bond donors (Lipinski definition) is 0. The molecule has 21 heavy (non-hydrogen) atoms. The molecule has 0 bridgehead atoms. The Bertz CT molecular complexity index is 601. The van der Waals surface area contributed by atoms with Crippen LogP contribution in [-0.4, -0.2) is 5.78 Å². The number of rotatable bonds is 5. The summed E-state index contributed by atoms with van der Waals surface area (Å²) in [4.78, 5) is 13.2. The van der Waals surface area contributed by atoms with Gasteiger partial charge < -0.3 is 0 Å². The molecule has 2 aromatic carbocycles. The summed E-state index contributed by atoms with van der Waals surface area (Å²) in [5.41, 5.74) is 3.83. The summed E-state index contributed by atoms with van der Waals surface area (Å²) < 4.78 is 0. The van der Waals surface area contributed by atoms with Crippen LogP contribution in [0.15, 0.2) is 48.5 Å². The molecular weight excluding hydrogens is 256 g/mol. The largest absolute Gasteiger partial charge is 0.293 e. The Morgan fingerprint density at radius 2 is 1.43 bits per heavy atom. The Morgan fingerprint density at radius 3 is 1.90 bits per heavy atom. The van der Waals surface area contributed by atoms with Crippen LogP contribution in [0.4, 0.5) is 0 Å². The number of carbonyl (C=O) groups excluding carboxylic acids is 1. The fraction of sp³-hybridized carbons (Fsp3) is 0.350. The van der Waals surface area contributed by atoms with Crippen LogP contribution in [0.5, 0.6) is 0 Å². The average Bonchev–Trinajstić information content (AvgIpc) is 2.49. The van der Waals surface area contributed by atoms with Crippen molar-refractivity contribution >= 4 is 5.78 Å². The standard InChI is InChI=1S/C20H24O/c1-5-20(6-2,18-10-8-7-9-11-18)19(21)17-13-15(3)12-16(4)14-17/h7-14H,5-6H2,1-4H3. The summed E-state index contributed by atoms with van der Waals surface area (Å²) in [6.45, 7) is 8.31. The Kier molecular flexibility index (Phi) is 4.62. The third-order valence-electron chi connectivity index (χ3n) is 4.45. The second-order valence-electron chi connectivity index (χ2n) is 5.86. The van der Waals surface area contributed by atoms with Crippen LogP contribution in [0, 0.1) is 13.8 Å². The van der Waals surface area contributed by atoms with E-state index in [2.05, 4.69) is 32.0 Å². The quantitative estimate of drug-likeness (QED) is 0.684. The highest BCUT2D eigenvalue weighted by Crippen LogP contribution is 2.35. The van der Waals surface area contributed by atoms with Crippen LogP contribution < -0.4 is 0 Å². The molecule has 0 spiro atoms. The van der Waals surface area contributed by atoms with Gasteiger partial charge in [0.25, 0.3) is 0 Å². The minimum atomic E-state index is -0.415. The topological polar surface area (TPSA) is 17.1 Å². The fourth-order valence-electron chi connectivity index (χ4n) is 3.25. The first-order chi connectivity index (χ1) is 10.0. The molecule has 0 saturated heterocycles. The van der Waals surface area contributed by atoms with Crippen LogP contribution in [-0.2, 0) is 5.41 Å². The molecule has 2 rings (SSSR count). The zero-order valence-electron chi connectivity index (χ0n) is 13.4. The molecule has 0 aromatic heterocycles. The van der Waals surface area contributed by atoms with Gasteiger partial charge in [0, 0.05) is 5.56 Å². The molecule has 0 aliphatic rings. The molecule has 0 heterocycles. The van der Waals surface area contributed by atoms with Gasteiger partial charge in [0.1, 0.15) is 0 Å². The Labute approximate surface area is 128 Å². The summed E-state index contributed by atoms with van der Waals surface area (Å²) in [5.74, 6) is 0.241. The Morgan fingerprint density at radius 1 is 0.905 bits per heavy atom. The zero-order valence-corrected chi connectivity index (χ0v) is 13.4. The van der Waals surface area contributed by atoms with E-state index in [1.807, 2.05) is 44.2 Å². The van der Waals surface area contributed by atoms with Crippen LogP contribution in [0.2, 0.25) is 0 Å². The minimum absolute atomic E-state index is 0.241. The third-order valence-corrected chi connectivity index (χ3v) is 4.45. The maximum absolute atomic E-state index is 13.2. The molecule has 1 nitrogen and oxygen atoms in total. The summed E-state index contributed by atoms with van der Waals surface area (Å²) in [5, 5.41) is 0. The maximum Gasteiger partial charge on any atom is 0.173 e. The van der Waals surface area contributed by atoms with Gasteiger partial charge in [0.2, 0.25) is 0 Å². The van der Waals surface area contributed by atoms with Crippen molar-refractivity contribution in [2.75, 3.05) is 0 Å². The van der Waals surface area contributed by atoms with Crippen LogP contribution in [0.1, 0.15) is 53.7 Å². The third kappa shape index (κ3) is 2.92. The summed E-state index contributed by atoms with van der Waals surface area (Å²) in [6, 6.07) is 16.3. The van der Waals surface area contributed by atoms with Crippen molar-refractivity contribution in [3.63, 3.8) is 0 Å². The highest BCUT2D eigenvalue weighted by Gasteiger charge is 2.37. The lowest BCUT2D eigenvalue weighted by Crippen LogP contribution is -2.35. The minimum Gasteiger partial charge on any atom is -0.293 e. The van der Waals surface area contributed by atoms with Gasteiger partial charge in [0.15, 0.2) is 5.78 Å². The molecule has 0 radical (unpaired) electrons. The summed E-state index contributed by atoms with van der Waals surface area (Å²) in [7, 11) is 0. The van der Waals surface area contributed by atoms with E-state index >= 15 is 0 Å². The van der Waals surface area contributed by atoms with E-state index < -0.39 is 5.41 Å². The number of benzene rings is 2. The van der Waals surface area contributed by atoms with Crippen LogP contribution >= 0.6 is 0 Å². The lowest BCUT2D eigenvalue weighted by atomic mass is 9.70. The predicted molar refractivity (Wildman–Crippen MR) is 88.9 cm³/mol. The highest BCUT2D eigenvalue weighted by molar-refractivity contribution is 6.04. The number of ketones is 1. The van der Waals surface area contributed by atoms with Crippen LogP contribution in [0.3, 0.4) is 0 Å². The van der Waals surface area contributed by atoms with Gasteiger partial charge in [-0.05, 0) is 44.4 Å². The number of hydrogen-bond acceptors (Lipinski definition) is 1. The van der Waals surface area contributed by atoms with E-state index in [4.69, 9.17) is 0 Å². The van der Waals surface area contributed by atoms with E-state index in [1.54, 1.807) is 0 Å². The van der Waals surface area contributed by atoms with Crippen molar-refractivity contribution in [1.82, 2.24) is 0 Å². The first kappa shape index (κ1) is 15.5. The van der Waals surface area contributed by atoms with E-state index in [0.29, 0.717) is 0 Å². The molecule has 0 fully saturated rings. The van der Waals surface area contributed by atoms with Gasteiger partial charge in [0.05, 0.1) is 5.41 Å². The summed E-state index contributed by atoms with van der Waals surface area (Å²) >= 11 is 0. The van der Waals surface area contributed by atoms with Gasteiger partial charge in [-0.1, -0.05) is 61.4 Å². The van der Waals surface area contributed by atoms with Crippen molar-refractivity contribution in [1.29, 1.82) is 0 Å². The molecule has 0 aliphatic carbocycles. The monoisotopic (exact) mass is 280 g/mol. The van der Waals surface area contributed by atoms with Gasteiger partial charge in [-0.2, -0.15) is 0 Å². The van der Waals surface area contributed by atoms with Crippen molar-refractivity contribution in [3.05, 3.63) is 70.8 Å². The average molecular weight is 280 g/mol. The SMILES string of the molecule is CCC(CC)(C(=O)c1cc(C)cc(C)c1)c1ccccc1. The second-order valence-corrected chi connectivity index (χ2v) is 5.86. The van der Waals surface area contributed by atoms with Gasteiger partial charge in [-0.15, -0.1) is 0 Å². The Balaban J connectivity index is 2.54. The van der Waals surface area contributed by atoms with E-state index in [9.17, 15) is 4.79 Å². The van der Waals surface area contributed by atoms with Crippen molar-refractivity contribution < 1.29 is 4.79 Å². The Hall–Kier alpha value is -1.89. The maximum atomic E-state index is 13.2. The fourth-order valence-corrected chi connectivity index (χ4v) is 3.25. The van der Waals surface area contributed by atoms with E-state index in [0.717, 1.165) is 35.1 Å². The van der Waals surface area contributed by atoms with Gasteiger partial charge in [-0.3, -0.25) is 4.79 Å². The molecule has 2 aromatic rings.